The number of likely N-dealkylation sites (tertiary alicyclic amines) is 1. The highest BCUT2D eigenvalue weighted by Crippen LogP contribution is 2.45. The average Bonchev–Trinajstić information content (AvgIpc) is 2.79. The highest BCUT2D eigenvalue weighted by Gasteiger charge is 2.45. The molecular formula is C17H34N2. The summed E-state index contributed by atoms with van der Waals surface area (Å²) in [6.45, 7) is 15.4. The summed E-state index contributed by atoms with van der Waals surface area (Å²) in [6, 6.07) is 0. The first-order valence-electron chi connectivity index (χ1n) is 8.14. The lowest BCUT2D eigenvalue weighted by atomic mass is 9.68. The second kappa shape index (κ2) is 5.04. The van der Waals surface area contributed by atoms with Crippen molar-refractivity contribution < 1.29 is 0 Å². The van der Waals surface area contributed by atoms with Crippen LogP contribution in [0.4, 0.5) is 0 Å². The summed E-state index contributed by atoms with van der Waals surface area (Å²) in [5.74, 6) is 0.839. The second-order valence-electron chi connectivity index (χ2n) is 8.89. The molecule has 2 heteroatoms. The molecule has 1 saturated carbocycles. The van der Waals surface area contributed by atoms with Crippen LogP contribution in [-0.2, 0) is 0 Å². The molecule has 0 aromatic heterocycles. The monoisotopic (exact) mass is 266 g/mol. The molecule has 1 aliphatic carbocycles. The van der Waals surface area contributed by atoms with Crippen molar-refractivity contribution in [2.24, 2.45) is 22.5 Å². The van der Waals surface area contributed by atoms with E-state index in [1.54, 1.807) is 0 Å². The SMILES string of the molecule is CC1(C)CCC(CN)(N2CCC(C(C)(C)C)C2)CC1. The molecule has 1 aliphatic heterocycles. The number of nitrogens with zero attached hydrogens (tertiary/aromatic N) is 1. The Kier molecular flexibility index (Phi) is 4.06. The molecule has 1 atom stereocenters. The third-order valence-electron chi connectivity index (χ3n) is 6.00. The lowest BCUT2D eigenvalue weighted by molar-refractivity contribution is 0.0331. The van der Waals surface area contributed by atoms with Gasteiger partial charge in [0.2, 0.25) is 0 Å². The molecule has 112 valence electrons. The topological polar surface area (TPSA) is 29.3 Å². The van der Waals surface area contributed by atoms with Gasteiger partial charge in [-0.25, -0.2) is 0 Å². The van der Waals surface area contributed by atoms with E-state index < -0.39 is 0 Å². The van der Waals surface area contributed by atoms with E-state index in [1.807, 2.05) is 0 Å². The Balaban J connectivity index is 2.04. The van der Waals surface area contributed by atoms with Gasteiger partial charge in [0.25, 0.3) is 0 Å². The van der Waals surface area contributed by atoms with E-state index in [4.69, 9.17) is 5.73 Å². The first kappa shape index (κ1) is 15.3. The minimum atomic E-state index is 0.315. The van der Waals surface area contributed by atoms with Gasteiger partial charge in [0.1, 0.15) is 0 Å². The summed E-state index contributed by atoms with van der Waals surface area (Å²) in [7, 11) is 0. The Hall–Kier alpha value is -0.0800. The number of nitrogens with two attached hydrogens (primary N) is 1. The minimum Gasteiger partial charge on any atom is -0.329 e. The van der Waals surface area contributed by atoms with Crippen molar-refractivity contribution in [2.75, 3.05) is 19.6 Å². The van der Waals surface area contributed by atoms with Crippen LogP contribution in [-0.4, -0.2) is 30.1 Å². The van der Waals surface area contributed by atoms with Crippen molar-refractivity contribution in [3.05, 3.63) is 0 Å². The van der Waals surface area contributed by atoms with Crippen LogP contribution < -0.4 is 5.73 Å². The van der Waals surface area contributed by atoms with Crippen LogP contribution in [0.25, 0.3) is 0 Å². The summed E-state index contributed by atoms with van der Waals surface area (Å²) in [4.78, 5) is 2.75. The molecule has 2 rings (SSSR count). The van der Waals surface area contributed by atoms with E-state index in [-0.39, 0.29) is 0 Å². The standard InChI is InChI=1S/C17H34N2/c1-15(2,3)14-6-11-19(12-14)17(13-18)9-7-16(4,5)8-10-17/h14H,6-13,18H2,1-5H3. The van der Waals surface area contributed by atoms with Crippen LogP contribution in [0.1, 0.15) is 66.7 Å². The molecule has 0 amide bonds. The Morgan fingerprint density at radius 2 is 1.68 bits per heavy atom. The van der Waals surface area contributed by atoms with Gasteiger partial charge in [-0.15, -0.1) is 0 Å². The molecule has 1 heterocycles. The minimum absolute atomic E-state index is 0.315. The molecule has 0 aromatic rings. The summed E-state index contributed by atoms with van der Waals surface area (Å²) in [6.07, 6.45) is 6.62. The fourth-order valence-electron chi connectivity index (χ4n) is 3.94. The van der Waals surface area contributed by atoms with Crippen molar-refractivity contribution in [3.63, 3.8) is 0 Å². The maximum absolute atomic E-state index is 6.22. The zero-order chi connectivity index (χ0) is 14.3. The van der Waals surface area contributed by atoms with Gasteiger partial charge in [-0.3, -0.25) is 4.90 Å². The van der Waals surface area contributed by atoms with Crippen LogP contribution in [0.15, 0.2) is 0 Å². The molecule has 19 heavy (non-hydrogen) atoms. The van der Waals surface area contributed by atoms with Crippen molar-refractivity contribution in [2.45, 2.75) is 72.3 Å². The lowest BCUT2D eigenvalue weighted by Crippen LogP contribution is -2.55. The Labute approximate surface area is 120 Å². The maximum atomic E-state index is 6.22. The highest BCUT2D eigenvalue weighted by atomic mass is 15.2. The smallest absolute Gasteiger partial charge is 0.0332 e. The fourth-order valence-corrected chi connectivity index (χ4v) is 3.94. The van der Waals surface area contributed by atoms with Gasteiger partial charge in [-0.05, 0) is 55.4 Å². The van der Waals surface area contributed by atoms with Crippen LogP contribution >= 0.6 is 0 Å². The molecular weight excluding hydrogens is 232 g/mol. The molecule has 1 saturated heterocycles. The molecule has 2 fully saturated rings. The maximum Gasteiger partial charge on any atom is 0.0332 e. The molecule has 2 nitrogen and oxygen atoms in total. The first-order chi connectivity index (χ1) is 8.69. The molecule has 0 spiro atoms. The third kappa shape index (κ3) is 3.16. The molecule has 0 aromatic carbocycles. The summed E-state index contributed by atoms with van der Waals surface area (Å²) in [5, 5.41) is 0. The summed E-state index contributed by atoms with van der Waals surface area (Å²) >= 11 is 0. The van der Waals surface area contributed by atoms with Crippen molar-refractivity contribution in [3.8, 4) is 0 Å². The van der Waals surface area contributed by atoms with E-state index in [0.29, 0.717) is 16.4 Å². The average molecular weight is 266 g/mol. The largest absolute Gasteiger partial charge is 0.329 e. The second-order valence-corrected chi connectivity index (χ2v) is 8.89. The highest BCUT2D eigenvalue weighted by molar-refractivity contribution is 5.01. The summed E-state index contributed by atoms with van der Waals surface area (Å²) < 4.78 is 0. The third-order valence-corrected chi connectivity index (χ3v) is 6.00. The van der Waals surface area contributed by atoms with Crippen molar-refractivity contribution in [1.29, 1.82) is 0 Å². The Morgan fingerprint density at radius 3 is 2.11 bits per heavy atom. The number of rotatable bonds is 2. The first-order valence-corrected chi connectivity index (χ1v) is 8.14. The zero-order valence-electron chi connectivity index (χ0n) is 13.8. The number of hydrogen-bond acceptors (Lipinski definition) is 2. The van der Waals surface area contributed by atoms with Crippen LogP contribution in [0.3, 0.4) is 0 Å². The fraction of sp³-hybridized carbons (Fsp3) is 1.00. The predicted octanol–water partition coefficient (Wildman–Crippen LogP) is 3.65. The van der Waals surface area contributed by atoms with Crippen LogP contribution in [0.5, 0.6) is 0 Å². The number of hydrogen-bond donors (Lipinski definition) is 1. The van der Waals surface area contributed by atoms with Gasteiger partial charge >= 0.3 is 0 Å². The Bertz CT molecular complexity index is 304. The van der Waals surface area contributed by atoms with Gasteiger partial charge in [-0.1, -0.05) is 34.6 Å². The Morgan fingerprint density at radius 1 is 1.11 bits per heavy atom. The quantitative estimate of drug-likeness (QED) is 0.826. The molecule has 2 aliphatic rings. The normalized spacial score (nSPS) is 31.6. The van der Waals surface area contributed by atoms with Gasteiger partial charge in [-0.2, -0.15) is 0 Å². The van der Waals surface area contributed by atoms with Crippen molar-refractivity contribution >= 4 is 0 Å². The van der Waals surface area contributed by atoms with E-state index in [0.717, 1.165) is 12.5 Å². The molecule has 1 unspecified atom stereocenters. The van der Waals surface area contributed by atoms with Gasteiger partial charge in [0, 0.05) is 18.6 Å². The lowest BCUT2D eigenvalue weighted by Gasteiger charge is -2.49. The van der Waals surface area contributed by atoms with Crippen LogP contribution in [0, 0.1) is 16.7 Å². The summed E-state index contributed by atoms with van der Waals surface area (Å²) in [5.41, 5.74) is 7.51. The van der Waals surface area contributed by atoms with Gasteiger partial charge < -0.3 is 5.73 Å². The van der Waals surface area contributed by atoms with E-state index in [9.17, 15) is 0 Å². The van der Waals surface area contributed by atoms with Crippen LogP contribution in [0.2, 0.25) is 0 Å². The van der Waals surface area contributed by atoms with E-state index in [2.05, 4.69) is 39.5 Å². The van der Waals surface area contributed by atoms with Gasteiger partial charge in [0.05, 0.1) is 0 Å². The van der Waals surface area contributed by atoms with E-state index >= 15 is 0 Å². The predicted molar refractivity (Wildman–Crippen MR) is 83.2 cm³/mol. The van der Waals surface area contributed by atoms with E-state index in [1.165, 1.54) is 45.2 Å². The van der Waals surface area contributed by atoms with Crippen molar-refractivity contribution in [1.82, 2.24) is 4.90 Å². The molecule has 0 bridgehead atoms. The molecule has 2 N–H and O–H groups in total. The zero-order valence-corrected chi connectivity index (χ0v) is 13.8. The molecule has 0 radical (unpaired) electrons. The van der Waals surface area contributed by atoms with Gasteiger partial charge in [0.15, 0.2) is 0 Å².